The van der Waals surface area contributed by atoms with Gasteiger partial charge in [-0.1, -0.05) is 55.8 Å². The fraction of sp³-hybridized carbons (Fsp3) is 0.467. The average molecular weight is 215 g/mol. The van der Waals surface area contributed by atoms with Crippen molar-refractivity contribution in [3.8, 4) is 0 Å². The molecule has 1 aliphatic carbocycles. The molecule has 0 amide bonds. The van der Waals surface area contributed by atoms with Gasteiger partial charge in [0.05, 0.1) is 0 Å². The molecule has 2 N–H and O–H groups in total. The molecule has 0 heterocycles. The van der Waals surface area contributed by atoms with Gasteiger partial charge in [-0.25, -0.2) is 0 Å². The van der Waals surface area contributed by atoms with Crippen LogP contribution in [0.1, 0.15) is 26.3 Å². The van der Waals surface area contributed by atoms with Crippen molar-refractivity contribution in [3.05, 3.63) is 41.5 Å². The second-order valence-electron chi connectivity index (χ2n) is 5.44. The molecule has 1 aliphatic rings. The predicted octanol–water partition coefficient (Wildman–Crippen LogP) is 3.32. The lowest BCUT2D eigenvalue weighted by atomic mass is 10.0. The van der Waals surface area contributed by atoms with Crippen molar-refractivity contribution in [2.24, 2.45) is 23.0 Å². The number of nitrogens with two attached hydrogens (primary N) is 1. The van der Waals surface area contributed by atoms with Gasteiger partial charge >= 0.3 is 0 Å². The van der Waals surface area contributed by atoms with Crippen molar-refractivity contribution in [2.45, 2.75) is 20.8 Å². The Balaban J connectivity index is 2.16. The molecule has 0 unspecified atom stereocenters. The van der Waals surface area contributed by atoms with E-state index in [-0.39, 0.29) is 0 Å². The third kappa shape index (κ3) is 1.92. The number of hydrogen-bond donors (Lipinski definition) is 1. The Morgan fingerprint density at radius 2 is 1.94 bits per heavy atom. The van der Waals surface area contributed by atoms with E-state index in [2.05, 4.69) is 57.2 Å². The van der Waals surface area contributed by atoms with Gasteiger partial charge in [0.2, 0.25) is 0 Å². The van der Waals surface area contributed by atoms with Gasteiger partial charge in [-0.15, -0.1) is 0 Å². The van der Waals surface area contributed by atoms with Crippen LogP contribution in [-0.4, -0.2) is 6.54 Å². The van der Waals surface area contributed by atoms with Gasteiger partial charge in [0.1, 0.15) is 0 Å². The molecule has 0 saturated heterocycles. The molecule has 1 aromatic carbocycles. The van der Waals surface area contributed by atoms with Crippen LogP contribution in [-0.2, 0) is 0 Å². The van der Waals surface area contributed by atoms with Crippen LogP contribution in [0.4, 0.5) is 0 Å². The normalized spacial score (nSPS) is 27.9. The maximum absolute atomic E-state index is 5.80. The molecule has 0 aliphatic heterocycles. The summed E-state index contributed by atoms with van der Waals surface area (Å²) in [6, 6.07) is 10.5. The first kappa shape index (κ1) is 11.4. The van der Waals surface area contributed by atoms with Crippen molar-refractivity contribution < 1.29 is 0 Å². The minimum absolute atomic E-state index is 0.393. The lowest BCUT2D eigenvalue weighted by molar-refractivity contribution is 0.552. The highest BCUT2D eigenvalue weighted by Crippen LogP contribution is 2.61. The van der Waals surface area contributed by atoms with Gasteiger partial charge in [-0.3, -0.25) is 0 Å². The fourth-order valence-electron chi connectivity index (χ4n) is 2.99. The van der Waals surface area contributed by atoms with Gasteiger partial charge < -0.3 is 5.73 Å². The molecule has 2 rings (SSSR count). The Morgan fingerprint density at radius 3 is 2.44 bits per heavy atom. The Labute approximate surface area is 98.4 Å². The molecular formula is C15H21N. The van der Waals surface area contributed by atoms with Gasteiger partial charge in [0.25, 0.3) is 0 Å². The zero-order valence-corrected chi connectivity index (χ0v) is 10.4. The van der Waals surface area contributed by atoms with Gasteiger partial charge in [-0.05, 0) is 36.3 Å². The summed E-state index contributed by atoms with van der Waals surface area (Å²) in [6.07, 6.45) is 2.29. The molecule has 1 heteroatoms. The maximum atomic E-state index is 5.80. The summed E-state index contributed by atoms with van der Waals surface area (Å²) in [5.41, 5.74) is 8.95. The summed E-state index contributed by atoms with van der Waals surface area (Å²) in [7, 11) is 0. The van der Waals surface area contributed by atoms with Crippen molar-refractivity contribution in [2.75, 3.05) is 6.54 Å². The number of allylic oxidation sites excluding steroid dienone is 1. The van der Waals surface area contributed by atoms with E-state index in [9.17, 15) is 0 Å². The highest BCUT2D eigenvalue weighted by molar-refractivity contribution is 5.54. The van der Waals surface area contributed by atoms with Gasteiger partial charge in [0.15, 0.2) is 0 Å². The first-order valence-electron chi connectivity index (χ1n) is 6.00. The van der Waals surface area contributed by atoms with Crippen LogP contribution in [0.2, 0.25) is 0 Å². The van der Waals surface area contributed by atoms with E-state index >= 15 is 0 Å². The maximum Gasteiger partial charge on any atom is -0.00376 e. The second-order valence-corrected chi connectivity index (χ2v) is 5.44. The third-order valence-corrected chi connectivity index (χ3v) is 3.99. The lowest BCUT2D eigenvalue weighted by Crippen LogP contribution is -2.05. The SMILES string of the molecule is C/C(=C/c1ccccc1)[C@@H]1[C@@H](CN)C1(C)C. The number of rotatable bonds is 3. The van der Waals surface area contributed by atoms with Gasteiger partial charge in [0, 0.05) is 0 Å². The molecular weight excluding hydrogens is 194 g/mol. The van der Waals surface area contributed by atoms with Crippen LogP contribution in [0.5, 0.6) is 0 Å². The van der Waals surface area contributed by atoms with Crippen molar-refractivity contribution in [3.63, 3.8) is 0 Å². The zero-order valence-electron chi connectivity index (χ0n) is 10.4. The molecule has 1 aromatic rings. The third-order valence-electron chi connectivity index (χ3n) is 3.99. The molecule has 86 valence electrons. The van der Waals surface area contributed by atoms with E-state index < -0.39 is 0 Å². The summed E-state index contributed by atoms with van der Waals surface area (Å²) in [5.74, 6) is 1.32. The highest BCUT2D eigenvalue weighted by Gasteiger charge is 2.56. The van der Waals surface area contributed by atoms with Crippen LogP contribution in [0.3, 0.4) is 0 Å². The predicted molar refractivity (Wildman–Crippen MR) is 69.9 cm³/mol. The van der Waals surface area contributed by atoms with E-state index in [1.54, 1.807) is 0 Å². The average Bonchev–Trinajstić information content (AvgIpc) is 2.82. The van der Waals surface area contributed by atoms with Crippen LogP contribution in [0.25, 0.3) is 6.08 Å². The molecule has 1 saturated carbocycles. The van der Waals surface area contributed by atoms with E-state index in [1.165, 1.54) is 11.1 Å². The Kier molecular flexibility index (Phi) is 2.90. The van der Waals surface area contributed by atoms with E-state index in [4.69, 9.17) is 5.73 Å². The minimum Gasteiger partial charge on any atom is -0.330 e. The largest absolute Gasteiger partial charge is 0.330 e. The molecule has 1 nitrogen and oxygen atoms in total. The Hall–Kier alpha value is -1.08. The minimum atomic E-state index is 0.393. The van der Waals surface area contributed by atoms with E-state index in [0.29, 0.717) is 17.3 Å². The number of benzene rings is 1. The quantitative estimate of drug-likeness (QED) is 0.822. The van der Waals surface area contributed by atoms with Crippen molar-refractivity contribution in [1.82, 2.24) is 0 Å². The molecule has 0 spiro atoms. The monoisotopic (exact) mass is 215 g/mol. The number of hydrogen-bond acceptors (Lipinski definition) is 1. The lowest BCUT2D eigenvalue weighted by Gasteiger charge is -2.03. The van der Waals surface area contributed by atoms with E-state index in [1.807, 2.05) is 0 Å². The molecule has 1 fully saturated rings. The molecule has 0 aromatic heterocycles. The summed E-state index contributed by atoms with van der Waals surface area (Å²) in [5, 5.41) is 0. The Bertz CT molecular complexity index is 389. The van der Waals surface area contributed by atoms with Crippen molar-refractivity contribution >= 4 is 6.08 Å². The van der Waals surface area contributed by atoms with Gasteiger partial charge in [-0.2, -0.15) is 0 Å². The first-order chi connectivity index (χ1) is 7.57. The first-order valence-corrected chi connectivity index (χ1v) is 6.00. The fourth-order valence-corrected chi connectivity index (χ4v) is 2.99. The second kappa shape index (κ2) is 4.06. The summed E-state index contributed by atoms with van der Waals surface area (Å²) in [6.45, 7) is 7.67. The smallest absolute Gasteiger partial charge is 0.00376 e. The standard InChI is InChI=1S/C15H21N/c1-11(9-12-7-5-4-6-8-12)14-13(10-16)15(14,2)3/h4-9,13-14H,10,16H2,1-3H3/b11-9-/t13-,14-/m1/s1. The van der Waals surface area contributed by atoms with E-state index in [0.717, 1.165) is 6.54 Å². The topological polar surface area (TPSA) is 26.0 Å². The van der Waals surface area contributed by atoms with Crippen LogP contribution < -0.4 is 5.73 Å². The van der Waals surface area contributed by atoms with Crippen LogP contribution in [0.15, 0.2) is 35.9 Å². The summed E-state index contributed by atoms with van der Waals surface area (Å²) < 4.78 is 0. The molecule has 0 radical (unpaired) electrons. The summed E-state index contributed by atoms with van der Waals surface area (Å²) >= 11 is 0. The zero-order chi connectivity index (χ0) is 11.8. The van der Waals surface area contributed by atoms with Crippen LogP contribution in [0, 0.1) is 17.3 Å². The van der Waals surface area contributed by atoms with Crippen molar-refractivity contribution in [1.29, 1.82) is 0 Å². The molecule has 16 heavy (non-hydrogen) atoms. The molecule has 2 atom stereocenters. The highest BCUT2D eigenvalue weighted by atomic mass is 14.7. The Morgan fingerprint density at radius 1 is 1.31 bits per heavy atom. The molecule has 0 bridgehead atoms. The van der Waals surface area contributed by atoms with Crippen LogP contribution >= 0.6 is 0 Å². The summed E-state index contributed by atoms with van der Waals surface area (Å²) in [4.78, 5) is 0.